The van der Waals surface area contributed by atoms with Gasteiger partial charge in [-0.1, -0.05) is 19.9 Å². The van der Waals surface area contributed by atoms with Crippen LogP contribution < -0.4 is 9.64 Å². The topological polar surface area (TPSA) is 12.5 Å². The quantitative estimate of drug-likeness (QED) is 0.819. The van der Waals surface area contributed by atoms with Gasteiger partial charge in [-0.2, -0.15) is 13.2 Å². The van der Waals surface area contributed by atoms with Crippen LogP contribution in [0.3, 0.4) is 0 Å². The van der Waals surface area contributed by atoms with Crippen molar-refractivity contribution < 1.29 is 17.9 Å². The second kappa shape index (κ2) is 5.62. The molecular formula is C16H20F3NO. The Morgan fingerprint density at radius 2 is 1.95 bits per heavy atom. The molecule has 0 amide bonds. The second-order valence-corrected chi connectivity index (χ2v) is 5.89. The number of aryl methyl sites for hydroxylation is 1. The first-order valence-electron chi connectivity index (χ1n) is 6.96. The number of rotatable bonds is 3. The lowest BCUT2D eigenvalue weighted by molar-refractivity contribution is -0.180. The summed E-state index contributed by atoms with van der Waals surface area (Å²) in [6, 6.07) is 3.57. The van der Waals surface area contributed by atoms with Crippen molar-refractivity contribution in [1.29, 1.82) is 0 Å². The van der Waals surface area contributed by atoms with Crippen molar-refractivity contribution in [2.75, 3.05) is 18.5 Å². The van der Waals surface area contributed by atoms with Crippen LogP contribution in [0.4, 0.5) is 18.9 Å². The fourth-order valence-electron chi connectivity index (χ4n) is 2.53. The summed E-state index contributed by atoms with van der Waals surface area (Å²) in [4.78, 5) is 2.05. The van der Waals surface area contributed by atoms with E-state index in [-0.39, 0.29) is 5.75 Å². The molecule has 1 heterocycles. The molecular weight excluding hydrogens is 279 g/mol. The molecule has 1 atom stereocenters. The van der Waals surface area contributed by atoms with Crippen molar-refractivity contribution in [3.05, 3.63) is 29.3 Å². The van der Waals surface area contributed by atoms with E-state index >= 15 is 0 Å². The minimum atomic E-state index is -4.39. The van der Waals surface area contributed by atoms with Crippen LogP contribution in [-0.2, 0) is 0 Å². The fourth-order valence-corrected chi connectivity index (χ4v) is 2.53. The first-order chi connectivity index (χ1) is 9.68. The Labute approximate surface area is 123 Å². The molecule has 21 heavy (non-hydrogen) atoms. The number of nitrogens with zero attached hydrogens (tertiary/aromatic N) is 1. The van der Waals surface area contributed by atoms with Crippen LogP contribution in [0.2, 0.25) is 0 Å². The molecule has 0 aliphatic carbocycles. The molecule has 1 unspecified atom stereocenters. The van der Waals surface area contributed by atoms with Gasteiger partial charge in [0.1, 0.15) is 5.75 Å². The standard InChI is InChI=1S/C16H20F3NO/c1-10(2)9-20(4)13-8-14-12(7-11(13)3)5-6-15(21-14)16(17,18)19/h5-8,10,15H,9H2,1-4H3. The van der Waals surface area contributed by atoms with Crippen molar-refractivity contribution >= 4 is 11.8 Å². The first-order valence-corrected chi connectivity index (χ1v) is 6.96. The van der Waals surface area contributed by atoms with Gasteiger partial charge in [0.2, 0.25) is 6.10 Å². The molecule has 0 fully saturated rings. The zero-order valence-electron chi connectivity index (χ0n) is 12.7. The lowest BCUT2D eigenvalue weighted by atomic mass is 10.0. The molecule has 5 heteroatoms. The van der Waals surface area contributed by atoms with Crippen molar-refractivity contribution in [1.82, 2.24) is 0 Å². The molecule has 116 valence electrons. The van der Waals surface area contributed by atoms with E-state index in [4.69, 9.17) is 4.74 Å². The van der Waals surface area contributed by atoms with Crippen LogP contribution in [0.5, 0.6) is 5.75 Å². The van der Waals surface area contributed by atoms with Gasteiger partial charge in [-0.15, -0.1) is 0 Å². The molecule has 0 radical (unpaired) electrons. The molecule has 2 rings (SSSR count). The smallest absolute Gasteiger partial charge is 0.429 e. The lowest BCUT2D eigenvalue weighted by Gasteiger charge is -2.28. The molecule has 1 aromatic rings. The molecule has 0 N–H and O–H groups in total. The summed E-state index contributed by atoms with van der Waals surface area (Å²) in [5, 5.41) is 0. The minimum absolute atomic E-state index is 0.288. The normalized spacial score (nSPS) is 17.6. The molecule has 1 aliphatic heterocycles. The summed E-state index contributed by atoms with van der Waals surface area (Å²) in [7, 11) is 1.94. The Bertz CT molecular complexity index is 549. The van der Waals surface area contributed by atoms with Crippen LogP contribution in [0.1, 0.15) is 25.0 Å². The number of anilines is 1. The average Bonchev–Trinajstić information content (AvgIpc) is 2.35. The van der Waals surface area contributed by atoms with Gasteiger partial charge in [0, 0.05) is 30.9 Å². The Hall–Kier alpha value is -1.65. The van der Waals surface area contributed by atoms with Crippen molar-refractivity contribution in [3.8, 4) is 5.75 Å². The number of fused-ring (bicyclic) bond motifs is 1. The average molecular weight is 299 g/mol. The van der Waals surface area contributed by atoms with Gasteiger partial charge in [-0.05, 0) is 30.5 Å². The maximum atomic E-state index is 12.8. The number of alkyl halides is 3. The predicted molar refractivity (Wildman–Crippen MR) is 78.8 cm³/mol. The summed E-state index contributed by atoms with van der Waals surface area (Å²) in [6.07, 6.45) is -3.71. The van der Waals surface area contributed by atoms with Gasteiger partial charge >= 0.3 is 6.18 Å². The summed E-state index contributed by atoms with van der Waals surface area (Å²) in [5.74, 6) is 0.755. The van der Waals surface area contributed by atoms with Gasteiger partial charge in [0.15, 0.2) is 0 Å². The Morgan fingerprint density at radius 3 is 2.52 bits per heavy atom. The second-order valence-electron chi connectivity index (χ2n) is 5.89. The number of ether oxygens (including phenoxy) is 1. The van der Waals surface area contributed by atoms with Gasteiger partial charge in [-0.25, -0.2) is 0 Å². The van der Waals surface area contributed by atoms with E-state index in [9.17, 15) is 13.2 Å². The van der Waals surface area contributed by atoms with Gasteiger partial charge in [0.25, 0.3) is 0 Å². The molecule has 1 aromatic carbocycles. The van der Waals surface area contributed by atoms with Crippen LogP contribution in [0, 0.1) is 12.8 Å². The van der Waals surface area contributed by atoms with Crippen LogP contribution in [0.25, 0.3) is 6.08 Å². The minimum Gasteiger partial charge on any atom is -0.476 e. The highest BCUT2D eigenvalue weighted by atomic mass is 19.4. The van der Waals surface area contributed by atoms with Crippen LogP contribution >= 0.6 is 0 Å². The van der Waals surface area contributed by atoms with Crippen molar-refractivity contribution in [3.63, 3.8) is 0 Å². The zero-order chi connectivity index (χ0) is 15.8. The molecule has 0 saturated carbocycles. The Balaban J connectivity index is 2.32. The summed E-state index contributed by atoms with van der Waals surface area (Å²) >= 11 is 0. The highest BCUT2D eigenvalue weighted by molar-refractivity contribution is 5.68. The third kappa shape index (κ3) is 3.52. The highest BCUT2D eigenvalue weighted by Gasteiger charge is 2.41. The number of halogens is 3. The van der Waals surface area contributed by atoms with Gasteiger partial charge in [0.05, 0.1) is 0 Å². The van der Waals surface area contributed by atoms with E-state index in [2.05, 4.69) is 13.8 Å². The van der Waals surface area contributed by atoms with E-state index in [1.54, 1.807) is 6.07 Å². The zero-order valence-corrected chi connectivity index (χ0v) is 12.7. The van der Waals surface area contributed by atoms with Crippen LogP contribution in [0.15, 0.2) is 18.2 Å². The highest BCUT2D eigenvalue weighted by Crippen LogP contribution is 2.37. The van der Waals surface area contributed by atoms with Crippen molar-refractivity contribution in [2.45, 2.75) is 33.1 Å². The van der Waals surface area contributed by atoms with E-state index in [1.807, 2.05) is 24.9 Å². The molecule has 0 aromatic heterocycles. The third-order valence-corrected chi connectivity index (χ3v) is 3.41. The number of hydrogen-bond donors (Lipinski definition) is 0. The molecule has 1 aliphatic rings. The molecule has 0 saturated heterocycles. The Morgan fingerprint density at radius 1 is 1.29 bits per heavy atom. The SMILES string of the molecule is Cc1cc2c(cc1N(C)CC(C)C)OC(C(F)(F)F)C=C2. The van der Waals surface area contributed by atoms with E-state index in [0.717, 1.165) is 23.9 Å². The van der Waals surface area contributed by atoms with Gasteiger partial charge in [-0.3, -0.25) is 0 Å². The van der Waals surface area contributed by atoms with E-state index < -0.39 is 12.3 Å². The van der Waals surface area contributed by atoms with Crippen LogP contribution in [-0.4, -0.2) is 25.9 Å². The maximum absolute atomic E-state index is 12.8. The Kier molecular flexibility index (Phi) is 4.21. The first kappa shape index (κ1) is 15.7. The van der Waals surface area contributed by atoms with E-state index in [1.165, 1.54) is 6.08 Å². The van der Waals surface area contributed by atoms with Gasteiger partial charge < -0.3 is 9.64 Å². The summed E-state index contributed by atoms with van der Waals surface area (Å²) < 4.78 is 43.4. The number of benzene rings is 1. The summed E-state index contributed by atoms with van der Waals surface area (Å²) in [6.45, 7) is 6.99. The number of hydrogen-bond acceptors (Lipinski definition) is 2. The summed E-state index contributed by atoms with van der Waals surface area (Å²) in [5.41, 5.74) is 2.61. The molecule has 0 bridgehead atoms. The monoisotopic (exact) mass is 299 g/mol. The third-order valence-electron chi connectivity index (χ3n) is 3.41. The maximum Gasteiger partial charge on any atom is 0.429 e. The molecule has 2 nitrogen and oxygen atoms in total. The lowest BCUT2D eigenvalue weighted by Crippen LogP contribution is -2.34. The molecule has 0 spiro atoms. The predicted octanol–water partition coefficient (Wildman–Crippen LogP) is 4.42. The fraction of sp³-hybridized carbons (Fsp3) is 0.500. The van der Waals surface area contributed by atoms with E-state index in [0.29, 0.717) is 11.5 Å². The van der Waals surface area contributed by atoms with Crippen molar-refractivity contribution in [2.24, 2.45) is 5.92 Å². The largest absolute Gasteiger partial charge is 0.476 e.